The van der Waals surface area contributed by atoms with Crippen LogP contribution in [0.25, 0.3) is 0 Å². The summed E-state index contributed by atoms with van der Waals surface area (Å²) in [5, 5.41) is 6.27. The van der Waals surface area contributed by atoms with Crippen LogP contribution in [0.1, 0.15) is 18.4 Å². The van der Waals surface area contributed by atoms with E-state index in [0.29, 0.717) is 0 Å². The molecule has 1 aliphatic rings. The molecule has 1 aromatic rings. The van der Waals surface area contributed by atoms with E-state index in [-0.39, 0.29) is 24.2 Å². The molecule has 1 atom stereocenters. The Bertz CT molecular complexity index is 419. The molecule has 0 aliphatic carbocycles. The number of carbonyl (C=O) groups is 1. The van der Waals surface area contributed by atoms with Crippen molar-refractivity contribution in [3.63, 3.8) is 0 Å². The van der Waals surface area contributed by atoms with Crippen LogP contribution in [0.15, 0.2) is 22.7 Å². The Balaban J connectivity index is 0.00000162. The Hall–Kier alpha value is -0.580. The molecule has 2 N–H and O–H groups in total. The summed E-state index contributed by atoms with van der Waals surface area (Å²) >= 11 is 3.47. The van der Waals surface area contributed by atoms with Crippen LogP contribution in [-0.4, -0.2) is 19.0 Å². The maximum atomic E-state index is 12.1. The predicted molar refractivity (Wildman–Crippen MR) is 80.4 cm³/mol. The topological polar surface area (TPSA) is 41.1 Å². The second-order valence-electron chi connectivity index (χ2n) is 4.44. The van der Waals surface area contributed by atoms with E-state index in [1.165, 1.54) is 0 Å². The lowest BCUT2D eigenvalue weighted by Gasteiger charge is -2.22. The molecule has 1 heterocycles. The number of piperidine rings is 1. The summed E-state index contributed by atoms with van der Waals surface area (Å²) in [6.07, 6.45) is 2.06. The Morgan fingerprint density at radius 3 is 2.94 bits per heavy atom. The van der Waals surface area contributed by atoms with E-state index in [9.17, 15) is 4.79 Å². The number of amides is 1. The molecule has 0 saturated carbocycles. The van der Waals surface area contributed by atoms with Crippen molar-refractivity contribution in [2.24, 2.45) is 5.92 Å². The molecule has 0 unspecified atom stereocenters. The Labute approximate surface area is 122 Å². The Morgan fingerprint density at radius 1 is 1.50 bits per heavy atom. The van der Waals surface area contributed by atoms with Crippen molar-refractivity contribution in [2.75, 3.05) is 18.4 Å². The summed E-state index contributed by atoms with van der Waals surface area (Å²) in [5.74, 6) is 0.223. The first-order chi connectivity index (χ1) is 8.18. The molecule has 3 nitrogen and oxygen atoms in total. The first-order valence-electron chi connectivity index (χ1n) is 5.95. The average Bonchev–Trinajstić information content (AvgIpc) is 2.36. The summed E-state index contributed by atoms with van der Waals surface area (Å²) in [6, 6.07) is 5.85. The van der Waals surface area contributed by atoms with Gasteiger partial charge in [0, 0.05) is 16.7 Å². The van der Waals surface area contributed by atoms with Gasteiger partial charge >= 0.3 is 0 Å². The van der Waals surface area contributed by atoms with E-state index in [2.05, 4.69) is 26.6 Å². The normalized spacial score (nSPS) is 18.9. The van der Waals surface area contributed by atoms with Gasteiger partial charge in [0.05, 0.1) is 5.92 Å². The minimum atomic E-state index is 0. The van der Waals surface area contributed by atoms with Gasteiger partial charge < -0.3 is 10.6 Å². The molecule has 1 fully saturated rings. The molecular weight excluding hydrogens is 316 g/mol. The minimum Gasteiger partial charge on any atom is -0.326 e. The van der Waals surface area contributed by atoms with Gasteiger partial charge in [-0.3, -0.25) is 4.79 Å². The average molecular weight is 334 g/mol. The molecule has 100 valence electrons. The van der Waals surface area contributed by atoms with Crippen LogP contribution in [-0.2, 0) is 4.79 Å². The van der Waals surface area contributed by atoms with E-state index in [4.69, 9.17) is 0 Å². The number of hydrogen-bond donors (Lipinski definition) is 2. The van der Waals surface area contributed by atoms with Gasteiger partial charge in [0.15, 0.2) is 0 Å². The van der Waals surface area contributed by atoms with Crippen molar-refractivity contribution in [3.05, 3.63) is 28.2 Å². The van der Waals surface area contributed by atoms with E-state index in [1.54, 1.807) is 0 Å². The third kappa shape index (κ3) is 3.70. The standard InChI is InChI=1S/C13H17BrN2O.ClH/c1-9-11(14)5-2-6-12(9)16-13(17)10-4-3-7-15-8-10;/h2,5-6,10,15H,3-4,7-8H2,1H3,(H,16,17);1H/t10-;/m1./s1. The van der Waals surface area contributed by atoms with Crippen LogP contribution in [0.3, 0.4) is 0 Å². The molecular formula is C13H18BrClN2O. The highest BCUT2D eigenvalue weighted by molar-refractivity contribution is 9.10. The van der Waals surface area contributed by atoms with Crippen molar-refractivity contribution in [1.82, 2.24) is 5.32 Å². The molecule has 2 rings (SSSR count). The Morgan fingerprint density at radius 2 is 2.28 bits per heavy atom. The summed E-state index contributed by atoms with van der Waals surface area (Å²) in [6.45, 7) is 3.82. The van der Waals surface area contributed by atoms with Crippen LogP contribution in [0, 0.1) is 12.8 Å². The first-order valence-corrected chi connectivity index (χ1v) is 6.74. The fraction of sp³-hybridized carbons (Fsp3) is 0.462. The molecule has 1 saturated heterocycles. The van der Waals surface area contributed by atoms with E-state index < -0.39 is 0 Å². The van der Waals surface area contributed by atoms with Gasteiger partial charge in [-0.25, -0.2) is 0 Å². The lowest BCUT2D eigenvalue weighted by atomic mass is 9.98. The molecule has 0 spiro atoms. The second kappa shape index (κ2) is 7.12. The highest BCUT2D eigenvalue weighted by Gasteiger charge is 2.21. The third-order valence-electron chi connectivity index (χ3n) is 3.19. The molecule has 1 amide bonds. The highest BCUT2D eigenvalue weighted by atomic mass is 79.9. The quantitative estimate of drug-likeness (QED) is 0.873. The summed E-state index contributed by atoms with van der Waals surface area (Å²) in [7, 11) is 0. The largest absolute Gasteiger partial charge is 0.326 e. The lowest BCUT2D eigenvalue weighted by molar-refractivity contribution is -0.120. The predicted octanol–water partition coefficient (Wildman–Crippen LogP) is 3.12. The van der Waals surface area contributed by atoms with Gasteiger partial charge in [-0.05, 0) is 44.0 Å². The number of halogens is 2. The maximum absolute atomic E-state index is 12.1. The van der Waals surface area contributed by atoms with Crippen molar-refractivity contribution in [2.45, 2.75) is 19.8 Å². The van der Waals surface area contributed by atoms with Crippen molar-refractivity contribution >= 4 is 39.9 Å². The lowest BCUT2D eigenvalue weighted by Crippen LogP contribution is -2.37. The maximum Gasteiger partial charge on any atom is 0.228 e. The SMILES string of the molecule is Cc1c(Br)cccc1NC(=O)[C@@H]1CCCNC1.Cl. The van der Waals surface area contributed by atoms with Gasteiger partial charge in [0.1, 0.15) is 0 Å². The number of hydrogen-bond acceptors (Lipinski definition) is 2. The van der Waals surface area contributed by atoms with Gasteiger partial charge in [-0.15, -0.1) is 12.4 Å². The van der Waals surface area contributed by atoms with Gasteiger partial charge in [-0.1, -0.05) is 22.0 Å². The van der Waals surface area contributed by atoms with Crippen molar-refractivity contribution < 1.29 is 4.79 Å². The second-order valence-corrected chi connectivity index (χ2v) is 5.30. The zero-order valence-corrected chi connectivity index (χ0v) is 12.7. The van der Waals surface area contributed by atoms with Crippen molar-refractivity contribution in [3.8, 4) is 0 Å². The monoisotopic (exact) mass is 332 g/mol. The molecule has 1 aromatic carbocycles. The zero-order chi connectivity index (χ0) is 12.3. The molecule has 0 radical (unpaired) electrons. The molecule has 0 bridgehead atoms. The third-order valence-corrected chi connectivity index (χ3v) is 4.05. The molecule has 18 heavy (non-hydrogen) atoms. The molecule has 0 aromatic heterocycles. The number of rotatable bonds is 2. The van der Waals surface area contributed by atoms with Crippen LogP contribution in [0.2, 0.25) is 0 Å². The minimum absolute atomic E-state index is 0. The smallest absolute Gasteiger partial charge is 0.228 e. The summed E-state index contributed by atoms with van der Waals surface area (Å²) < 4.78 is 1.03. The molecule has 1 aliphatic heterocycles. The van der Waals surface area contributed by atoms with Crippen LogP contribution in [0.4, 0.5) is 5.69 Å². The van der Waals surface area contributed by atoms with E-state index in [1.807, 2.05) is 25.1 Å². The number of nitrogens with one attached hydrogen (secondary N) is 2. The van der Waals surface area contributed by atoms with Gasteiger partial charge in [0.25, 0.3) is 0 Å². The summed E-state index contributed by atoms with van der Waals surface area (Å²) in [5.41, 5.74) is 1.97. The Kier molecular flexibility index (Phi) is 6.12. The number of benzene rings is 1. The van der Waals surface area contributed by atoms with Crippen molar-refractivity contribution in [1.29, 1.82) is 0 Å². The van der Waals surface area contributed by atoms with Crippen LogP contribution < -0.4 is 10.6 Å². The highest BCUT2D eigenvalue weighted by Crippen LogP contribution is 2.24. The number of anilines is 1. The van der Waals surface area contributed by atoms with Crippen LogP contribution in [0.5, 0.6) is 0 Å². The zero-order valence-electron chi connectivity index (χ0n) is 10.3. The fourth-order valence-electron chi connectivity index (χ4n) is 2.05. The van der Waals surface area contributed by atoms with Gasteiger partial charge in [-0.2, -0.15) is 0 Å². The van der Waals surface area contributed by atoms with E-state index >= 15 is 0 Å². The van der Waals surface area contributed by atoms with E-state index in [0.717, 1.165) is 41.7 Å². The first kappa shape index (κ1) is 15.5. The van der Waals surface area contributed by atoms with Gasteiger partial charge in [0.2, 0.25) is 5.91 Å². The number of carbonyl (C=O) groups excluding carboxylic acids is 1. The van der Waals surface area contributed by atoms with Crippen LogP contribution >= 0.6 is 28.3 Å². The summed E-state index contributed by atoms with van der Waals surface area (Å²) in [4.78, 5) is 12.1. The fourth-order valence-corrected chi connectivity index (χ4v) is 2.42. The molecule has 5 heteroatoms.